The molecule has 1 aliphatic rings. The standard InChI is InChI=1S/C20H25N3O6S/c1-20(26,13-17-5-4-11-29-17)14-21-18(24)19(25)22-15-6-8-16(9-7-15)23-10-2-3-12-30(23,27)28/h4-9,11,26H,2-3,10,12-14H2,1H3,(H,21,24)(H,22,25). The molecule has 10 heteroatoms. The molecule has 2 heterocycles. The maximum atomic E-state index is 12.2. The van der Waals surface area contributed by atoms with Gasteiger partial charge in [-0.3, -0.25) is 13.9 Å². The molecule has 1 unspecified atom stereocenters. The number of carbonyl (C=O) groups excluding carboxylic acids is 2. The lowest BCUT2D eigenvalue weighted by atomic mass is 10.0. The van der Waals surface area contributed by atoms with E-state index in [4.69, 9.17) is 4.42 Å². The summed E-state index contributed by atoms with van der Waals surface area (Å²) in [5.74, 6) is -1.09. The summed E-state index contributed by atoms with van der Waals surface area (Å²) in [5.41, 5.74) is -0.406. The van der Waals surface area contributed by atoms with Crippen LogP contribution in [0.1, 0.15) is 25.5 Å². The molecular weight excluding hydrogens is 410 g/mol. The number of nitrogens with zero attached hydrogens (tertiary/aromatic N) is 1. The Bertz CT molecular complexity index is 984. The quantitative estimate of drug-likeness (QED) is 0.586. The molecule has 1 fully saturated rings. The average Bonchev–Trinajstić information content (AvgIpc) is 3.19. The van der Waals surface area contributed by atoms with Crippen LogP contribution in [0, 0.1) is 0 Å². The number of sulfonamides is 1. The minimum absolute atomic E-state index is 0.120. The van der Waals surface area contributed by atoms with Gasteiger partial charge < -0.3 is 20.2 Å². The summed E-state index contributed by atoms with van der Waals surface area (Å²) >= 11 is 0. The van der Waals surface area contributed by atoms with Crippen molar-refractivity contribution >= 4 is 33.2 Å². The van der Waals surface area contributed by atoms with E-state index >= 15 is 0 Å². The van der Waals surface area contributed by atoms with Gasteiger partial charge >= 0.3 is 11.8 Å². The topological polar surface area (TPSA) is 129 Å². The molecule has 9 nitrogen and oxygen atoms in total. The van der Waals surface area contributed by atoms with Gasteiger partial charge in [0.2, 0.25) is 10.0 Å². The maximum Gasteiger partial charge on any atom is 0.313 e. The highest BCUT2D eigenvalue weighted by molar-refractivity contribution is 7.92. The Morgan fingerprint density at radius 1 is 1.17 bits per heavy atom. The van der Waals surface area contributed by atoms with Crippen LogP contribution in [0.2, 0.25) is 0 Å². The number of hydrogen-bond donors (Lipinski definition) is 3. The lowest BCUT2D eigenvalue weighted by Crippen LogP contribution is -2.45. The van der Waals surface area contributed by atoms with E-state index in [-0.39, 0.29) is 18.7 Å². The largest absolute Gasteiger partial charge is 0.469 e. The molecule has 1 aromatic carbocycles. The van der Waals surface area contributed by atoms with Gasteiger partial charge in [-0.25, -0.2) is 8.42 Å². The number of carbonyl (C=O) groups is 2. The monoisotopic (exact) mass is 435 g/mol. The predicted molar refractivity (Wildman–Crippen MR) is 111 cm³/mol. The van der Waals surface area contributed by atoms with Crippen LogP contribution in [0.25, 0.3) is 0 Å². The Labute approximate surface area is 175 Å². The first-order valence-electron chi connectivity index (χ1n) is 9.61. The molecule has 3 rings (SSSR count). The molecule has 0 saturated carbocycles. The molecule has 162 valence electrons. The summed E-state index contributed by atoms with van der Waals surface area (Å²) < 4.78 is 30.9. The second-order valence-electron chi connectivity index (χ2n) is 7.53. The average molecular weight is 436 g/mol. The van der Waals surface area contributed by atoms with Gasteiger partial charge in [-0.05, 0) is 56.2 Å². The van der Waals surface area contributed by atoms with E-state index in [0.717, 1.165) is 6.42 Å². The third kappa shape index (κ3) is 5.61. The van der Waals surface area contributed by atoms with Gasteiger partial charge in [0, 0.05) is 25.2 Å². The molecule has 0 radical (unpaired) electrons. The van der Waals surface area contributed by atoms with Gasteiger partial charge in [-0.15, -0.1) is 0 Å². The smallest absolute Gasteiger partial charge is 0.313 e. The first-order valence-corrected chi connectivity index (χ1v) is 11.2. The van der Waals surface area contributed by atoms with E-state index in [1.165, 1.54) is 29.6 Å². The van der Waals surface area contributed by atoms with E-state index in [9.17, 15) is 23.1 Å². The van der Waals surface area contributed by atoms with Crippen LogP contribution in [-0.2, 0) is 26.0 Å². The molecule has 0 spiro atoms. The normalized spacial score (nSPS) is 17.7. The summed E-state index contributed by atoms with van der Waals surface area (Å²) in [5, 5.41) is 15.2. The second kappa shape index (κ2) is 8.88. The summed E-state index contributed by atoms with van der Waals surface area (Å²) in [7, 11) is -3.31. The molecule has 2 aromatic rings. The Morgan fingerprint density at radius 3 is 2.53 bits per heavy atom. The molecule has 0 bridgehead atoms. The van der Waals surface area contributed by atoms with Gasteiger partial charge in [0.05, 0.1) is 23.3 Å². The van der Waals surface area contributed by atoms with Crippen LogP contribution < -0.4 is 14.9 Å². The van der Waals surface area contributed by atoms with Crippen LogP contribution in [0.4, 0.5) is 11.4 Å². The fraction of sp³-hybridized carbons (Fsp3) is 0.400. The van der Waals surface area contributed by atoms with E-state index in [1.54, 1.807) is 24.3 Å². The molecule has 1 aliphatic heterocycles. The van der Waals surface area contributed by atoms with Crippen LogP contribution in [0.3, 0.4) is 0 Å². The van der Waals surface area contributed by atoms with Gasteiger partial charge in [0.15, 0.2) is 0 Å². The van der Waals surface area contributed by atoms with Crippen LogP contribution in [0.5, 0.6) is 0 Å². The van der Waals surface area contributed by atoms with Crippen LogP contribution in [0.15, 0.2) is 47.1 Å². The van der Waals surface area contributed by atoms with Crippen molar-refractivity contribution in [1.82, 2.24) is 5.32 Å². The fourth-order valence-corrected chi connectivity index (χ4v) is 4.82. The number of hydrogen-bond acceptors (Lipinski definition) is 6. The summed E-state index contributed by atoms with van der Waals surface area (Å²) in [4.78, 5) is 24.2. The highest BCUT2D eigenvalue weighted by atomic mass is 32.2. The molecule has 30 heavy (non-hydrogen) atoms. The third-order valence-corrected chi connectivity index (χ3v) is 6.60. The number of anilines is 2. The van der Waals surface area contributed by atoms with E-state index in [0.29, 0.717) is 30.1 Å². The first-order chi connectivity index (χ1) is 14.2. The van der Waals surface area contributed by atoms with Gasteiger partial charge in [0.1, 0.15) is 5.76 Å². The zero-order chi connectivity index (χ0) is 21.8. The van der Waals surface area contributed by atoms with Gasteiger partial charge in [-0.2, -0.15) is 0 Å². The minimum atomic E-state index is -3.31. The highest BCUT2D eigenvalue weighted by Crippen LogP contribution is 2.24. The highest BCUT2D eigenvalue weighted by Gasteiger charge is 2.27. The number of furan rings is 1. The van der Waals surface area contributed by atoms with Crippen molar-refractivity contribution in [3.8, 4) is 0 Å². The zero-order valence-corrected chi connectivity index (χ0v) is 17.4. The zero-order valence-electron chi connectivity index (χ0n) is 16.6. The van der Waals surface area contributed by atoms with Gasteiger partial charge in [0.25, 0.3) is 0 Å². The van der Waals surface area contributed by atoms with Crippen molar-refractivity contribution in [2.45, 2.75) is 31.8 Å². The molecular formula is C20H25N3O6S. The van der Waals surface area contributed by atoms with Crippen molar-refractivity contribution in [2.24, 2.45) is 0 Å². The van der Waals surface area contributed by atoms with Crippen LogP contribution >= 0.6 is 0 Å². The Hall–Kier alpha value is -2.85. The molecule has 1 atom stereocenters. The number of rotatable bonds is 6. The first kappa shape index (κ1) is 21.8. The molecule has 1 saturated heterocycles. The minimum Gasteiger partial charge on any atom is -0.469 e. The molecule has 1 aromatic heterocycles. The summed E-state index contributed by atoms with van der Waals surface area (Å²) in [6.45, 7) is 1.82. The molecule has 2 amide bonds. The van der Waals surface area contributed by atoms with Crippen molar-refractivity contribution in [1.29, 1.82) is 0 Å². The van der Waals surface area contributed by atoms with Crippen LogP contribution in [-0.4, -0.2) is 49.8 Å². The summed E-state index contributed by atoms with van der Waals surface area (Å²) in [6, 6.07) is 9.66. The van der Waals surface area contributed by atoms with E-state index in [1.807, 2.05) is 0 Å². The Kier molecular flexibility index (Phi) is 6.47. The van der Waals surface area contributed by atoms with E-state index < -0.39 is 27.4 Å². The van der Waals surface area contributed by atoms with Crippen molar-refractivity contribution in [2.75, 3.05) is 28.5 Å². The Morgan fingerprint density at radius 2 is 1.90 bits per heavy atom. The van der Waals surface area contributed by atoms with Gasteiger partial charge in [-0.1, -0.05) is 0 Å². The van der Waals surface area contributed by atoms with Crippen molar-refractivity contribution < 1.29 is 27.5 Å². The number of amides is 2. The molecule has 0 aliphatic carbocycles. The SMILES string of the molecule is CC(O)(CNC(=O)C(=O)Nc1ccc(N2CCCCS2(=O)=O)cc1)Cc1ccco1. The fourth-order valence-electron chi connectivity index (χ4n) is 3.18. The number of aliphatic hydroxyl groups is 1. The predicted octanol–water partition coefficient (Wildman–Crippen LogP) is 1.26. The lowest BCUT2D eigenvalue weighted by molar-refractivity contribution is -0.136. The lowest BCUT2D eigenvalue weighted by Gasteiger charge is -2.28. The third-order valence-electron chi connectivity index (χ3n) is 4.73. The van der Waals surface area contributed by atoms with Crippen molar-refractivity contribution in [3.63, 3.8) is 0 Å². The van der Waals surface area contributed by atoms with E-state index in [2.05, 4.69) is 10.6 Å². The van der Waals surface area contributed by atoms with Crippen molar-refractivity contribution in [3.05, 3.63) is 48.4 Å². The molecule has 3 N–H and O–H groups in total. The number of nitrogens with one attached hydrogen (secondary N) is 2. The maximum absolute atomic E-state index is 12.2. The number of benzene rings is 1. The summed E-state index contributed by atoms with van der Waals surface area (Å²) in [6.07, 6.45) is 3.12. The Balaban J connectivity index is 1.53. The second-order valence-corrected chi connectivity index (χ2v) is 9.54.